The Hall–Kier alpha value is -1.69. The van der Waals surface area contributed by atoms with E-state index in [0.717, 1.165) is 19.4 Å². The minimum absolute atomic E-state index is 0.0579. The lowest BCUT2D eigenvalue weighted by atomic mass is 10.2. The van der Waals surface area contributed by atoms with Gasteiger partial charge in [0.1, 0.15) is 6.04 Å². The fourth-order valence-corrected chi connectivity index (χ4v) is 2.20. The molecule has 0 aliphatic carbocycles. The summed E-state index contributed by atoms with van der Waals surface area (Å²) in [6.07, 6.45) is 5.26. The van der Waals surface area contributed by atoms with Crippen molar-refractivity contribution in [3.63, 3.8) is 0 Å². The number of amides is 1. The van der Waals surface area contributed by atoms with E-state index in [1.165, 1.54) is 0 Å². The van der Waals surface area contributed by atoms with E-state index < -0.39 is 6.10 Å². The summed E-state index contributed by atoms with van der Waals surface area (Å²) in [5, 5.41) is 12.3. The van der Waals surface area contributed by atoms with Gasteiger partial charge in [0.15, 0.2) is 0 Å². The largest absolute Gasteiger partial charge is 0.391 e. The smallest absolute Gasteiger partial charge is 0.242 e. The molecule has 19 heavy (non-hydrogen) atoms. The fourth-order valence-electron chi connectivity index (χ4n) is 2.20. The van der Waals surface area contributed by atoms with Gasteiger partial charge in [0.05, 0.1) is 6.10 Å². The van der Waals surface area contributed by atoms with Gasteiger partial charge in [-0.25, -0.2) is 9.97 Å². The van der Waals surface area contributed by atoms with E-state index in [-0.39, 0.29) is 11.9 Å². The maximum Gasteiger partial charge on any atom is 0.242 e. The quantitative estimate of drug-likeness (QED) is 0.801. The van der Waals surface area contributed by atoms with Gasteiger partial charge in [-0.05, 0) is 25.3 Å². The molecule has 1 aliphatic heterocycles. The maximum absolute atomic E-state index is 12.1. The number of aromatic nitrogens is 2. The number of nitrogens with zero attached hydrogens (tertiary/aromatic N) is 3. The monoisotopic (exact) mass is 264 g/mol. The van der Waals surface area contributed by atoms with Crippen LogP contribution in [0.5, 0.6) is 0 Å². The Morgan fingerprint density at radius 1 is 1.58 bits per heavy atom. The summed E-state index contributed by atoms with van der Waals surface area (Å²) in [6.45, 7) is 2.98. The number of rotatable bonds is 5. The molecule has 1 aromatic rings. The number of carbonyl (C=O) groups is 1. The standard InChI is InChI=1S/C13H20N4O2/c1-2-10(18)9-16-12(19)11-5-3-8-17(11)13-14-6-4-7-15-13/h4,6-7,10-11,18H,2-3,5,8-9H2,1H3,(H,16,19). The Labute approximate surface area is 112 Å². The first-order valence-corrected chi connectivity index (χ1v) is 6.71. The van der Waals surface area contributed by atoms with Crippen molar-refractivity contribution in [1.29, 1.82) is 0 Å². The first-order chi connectivity index (χ1) is 9.22. The molecule has 1 saturated heterocycles. The van der Waals surface area contributed by atoms with Crippen molar-refractivity contribution in [2.24, 2.45) is 0 Å². The molecule has 104 valence electrons. The molecule has 1 amide bonds. The van der Waals surface area contributed by atoms with Crippen LogP contribution in [0.15, 0.2) is 18.5 Å². The Bertz CT molecular complexity index is 412. The van der Waals surface area contributed by atoms with E-state index in [1.54, 1.807) is 18.5 Å². The first-order valence-electron chi connectivity index (χ1n) is 6.71. The second-order valence-electron chi connectivity index (χ2n) is 4.71. The van der Waals surface area contributed by atoms with Crippen molar-refractivity contribution in [1.82, 2.24) is 15.3 Å². The van der Waals surface area contributed by atoms with Crippen LogP contribution in [0.25, 0.3) is 0 Å². The minimum atomic E-state index is -0.480. The summed E-state index contributed by atoms with van der Waals surface area (Å²) < 4.78 is 0. The third-order valence-corrected chi connectivity index (χ3v) is 3.35. The Balaban J connectivity index is 1.97. The van der Waals surface area contributed by atoms with Crippen molar-refractivity contribution in [3.8, 4) is 0 Å². The topological polar surface area (TPSA) is 78.4 Å². The molecule has 2 N–H and O–H groups in total. The summed E-state index contributed by atoms with van der Waals surface area (Å²) >= 11 is 0. The molecule has 1 aromatic heterocycles. The molecule has 2 unspecified atom stereocenters. The molecule has 1 fully saturated rings. The molecular formula is C13H20N4O2. The van der Waals surface area contributed by atoms with Crippen molar-refractivity contribution >= 4 is 11.9 Å². The highest BCUT2D eigenvalue weighted by atomic mass is 16.3. The Morgan fingerprint density at radius 2 is 2.32 bits per heavy atom. The number of hydrogen-bond acceptors (Lipinski definition) is 5. The molecule has 0 spiro atoms. The first kappa shape index (κ1) is 13.7. The zero-order chi connectivity index (χ0) is 13.7. The molecule has 1 aliphatic rings. The molecule has 2 heterocycles. The summed E-state index contributed by atoms with van der Waals surface area (Å²) in [5.41, 5.74) is 0. The van der Waals surface area contributed by atoms with Gasteiger partial charge in [-0.2, -0.15) is 0 Å². The second kappa shape index (κ2) is 6.47. The fraction of sp³-hybridized carbons (Fsp3) is 0.615. The van der Waals surface area contributed by atoms with Crippen LogP contribution in [-0.2, 0) is 4.79 Å². The van der Waals surface area contributed by atoms with Crippen LogP contribution in [0, 0.1) is 0 Å². The lowest BCUT2D eigenvalue weighted by molar-refractivity contribution is -0.122. The molecule has 6 nitrogen and oxygen atoms in total. The van der Waals surface area contributed by atoms with Gasteiger partial charge in [0, 0.05) is 25.5 Å². The van der Waals surface area contributed by atoms with E-state index in [2.05, 4.69) is 15.3 Å². The number of aliphatic hydroxyl groups is 1. The maximum atomic E-state index is 12.1. The number of anilines is 1. The second-order valence-corrected chi connectivity index (χ2v) is 4.71. The number of aliphatic hydroxyl groups excluding tert-OH is 1. The summed E-state index contributed by atoms with van der Waals surface area (Å²) in [7, 11) is 0. The van der Waals surface area contributed by atoms with E-state index in [0.29, 0.717) is 18.9 Å². The summed E-state index contributed by atoms with van der Waals surface area (Å²) in [5.74, 6) is 0.536. The number of nitrogens with one attached hydrogen (secondary N) is 1. The molecule has 0 radical (unpaired) electrons. The lowest BCUT2D eigenvalue weighted by Gasteiger charge is -2.24. The molecule has 2 rings (SSSR count). The summed E-state index contributed by atoms with van der Waals surface area (Å²) in [6, 6.07) is 1.53. The molecule has 0 saturated carbocycles. The zero-order valence-corrected chi connectivity index (χ0v) is 11.1. The third-order valence-electron chi connectivity index (χ3n) is 3.35. The lowest BCUT2D eigenvalue weighted by Crippen LogP contribution is -2.46. The van der Waals surface area contributed by atoms with Crippen LogP contribution in [0.4, 0.5) is 5.95 Å². The number of hydrogen-bond donors (Lipinski definition) is 2. The van der Waals surface area contributed by atoms with Crippen LogP contribution < -0.4 is 10.2 Å². The SMILES string of the molecule is CCC(O)CNC(=O)C1CCCN1c1ncccn1. The van der Waals surface area contributed by atoms with Gasteiger partial charge < -0.3 is 15.3 Å². The van der Waals surface area contributed by atoms with E-state index in [1.807, 2.05) is 11.8 Å². The van der Waals surface area contributed by atoms with Gasteiger partial charge in [-0.1, -0.05) is 6.92 Å². The van der Waals surface area contributed by atoms with Gasteiger partial charge in [0.2, 0.25) is 11.9 Å². The van der Waals surface area contributed by atoms with Gasteiger partial charge in [-0.3, -0.25) is 4.79 Å². The predicted molar refractivity (Wildman–Crippen MR) is 71.7 cm³/mol. The van der Waals surface area contributed by atoms with Gasteiger partial charge in [0.25, 0.3) is 0 Å². The third kappa shape index (κ3) is 3.41. The molecule has 2 atom stereocenters. The molecule has 0 bridgehead atoms. The van der Waals surface area contributed by atoms with Crippen LogP contribution in [-0.4, -0.2) is 46.2 Å². The van der Waals surface area contributed by atoms with Gasteiger partial charge >= 0.3 is 0 Å². The van der Waals surface area contributed by atoms with E-state index >= 15 is 0 Å². The molecule has 6 heteroatoms. The highest BCUT2D eigenvalue weighted by Gasteiger charge is 2.32. The highest BCUT2D eigenvalue weighted by Crippen LogP contribution is 2.21. The van der Waals surface area contributed by atoms with E-state index in [4.69, 9.17) is 0 Å². The normalized spacial score (nSPS) is 20.3. The van der Waals surface area contributed by atoms with Gasteiger partial charge in [-0.15, -0.1) is 0 Å². The van der Waals surface area contributed by atoms with Crippen molar-refractivity contribution in [2.75, 3.05) is 18.0 Å². The highest BCUT2D eigenvalue weighted by molar-refractivity contribution is 5.85. The Morgan fingerprint density at radius 3 is 3.00 bits per heavy atom. The van der Waals surface area contributed by atoms with Crippen molar-refractivity contribution in [3.05, 3.63) is 18.5 Å². The molecular weight excluding hydrogens is 244 g/mol. The van der Waals surface area contributed by atoms with Crippen LogP contribution in [0.2, 0.25) is 0 Å². The van der Waals surface area contributed by atoms with Crippen LogP contribution in [0.3, 0.4) is 0 Å². The predicted octanol–water partition coefficient (Wildman–Crippen LogP) is 0.332. The zero-order valence-electron chi connectivity index (χ0n) is 11.1. The average molecular weight is 264 g/mol. The minimum Gasteiger partial charge on any atom is -0.391 e. The average Bonchev–Trinajstić information content (AvgIpc) is 2.94. The molecule has 0 aromatic carbocycles. The van der Waals surface area contributed by atoms with Crippen LogP contribution in [0.1, 0.15) is 26.2 Å². The van der Waals surface area contributed by atoms with E-state index in [9.17, 15) is 9.90 Å². The summed E-state index contributed by atoms with van der Waals surface area (Å²) in [4.78, 5) is 22.4. The van der Waals surface area contributed by atoms with Crippen LogP contribution >= 0.6 is 0 Å². The van der Waals surface area contributed by atoms with Crippen molar-refractivity contribution < 1.29 is 9.90 Å². The Kier molecular flexibility index (Phi) is 4.68. The van der Waals surface area contributed by atoms with Crippen molar-refractivity contribution in [2.45, 2.75) is 38.3 Å². The number of carbonyl (C=O) groups excluding carboxylic acids is 1.